The van der Waals surface area contributed by atoms with Crippen molar-refractivity contribution in [3.05, 3.63) is 206 Å². The number of benzene rings is 8. The van der Waals surface area contributed by atoms with E-state index < -0.39 is 0 Å². The Kier molecular flexibility index (Phi) is 7.85. The molecule has 0 spiro atoms. The molecule has 252 valence electrons. The van der Waals surface area contributed by atoms with Crippen LogP contribution < -0.4 is 0 Å². The molecule has 2 heterocycles. The molecular formula is C52H34N2. The Morgan fingerprint density at radius 1 is 0.278 bits per heavy atom. The summed E-state index contributed by atoms with van der Waals surface area (Å²) in [6.45, 7) is 0. The lowest BCUT2D eigenvalue weighted by molar-refractivity contribution is 1.40. The van der Waals surface area contributed by atoms with E-state index in [4.69, 9.17) is 4.98 Å². The molecule has 0 aliphatic carbocycles. The monoisotopic (exact) mass is 686 g/mol. The highest BCUT2D eigenvalue weighted by Gasteiger charge is 2.17. The lowest BCUT2D eigenvalue weighted by Gasteiger charge is -2.16. The first-order valence-electron chi connectivity index (χ1n) is 18.4. The van der Waals surface area contributed by atoms with E-state index in [1.807, 2.05) is 12.3 Å². The van der Waals surface area contributed by atoms with Gasteiger partial charge in [-0.15, -0.1) is 0 Å². The highest BCUT2D eigenvalue weighted by Crippen LogP contribution is 2.41. The number of hydrogen-bond donors (Lipinski definition) is 0. The zero-order valence-electron chi connectivity index (χ0n) is 29.5. The third-order valence-corrected chi connectivity index (χ3v) is 10.6. The fraction of sp³-hybridized carbons (Fsp3) is 0. The minimum atomic E-state index is 0.945. The van der Waals surface area contributed by atoms with Crippen LogP contribution in [-0.2, 0) is 0 Å². The lowest BCUT2D eigenvalue weighted by atomic mass is 9.90. The zero-order chi connectivity index (χ0) is 35.8. The number of para-hydroxylation sites is 1. The van der Waals surface area contributed by atoms with E-state index in [9.17, 15) is 0 Å². The number of aromatic nitrogens is 2. The normalized spacial score (nSPS) is 11.3. The SMILES string of the molecule is c1ccc(-c2ccc(-c3cc4c(-c5ccc(-c6ccccc6)cc5)cc(-c5ccc(-c6ccnc7ccccc67)cc5)nc4c4ccccc34)cc2)cc1. The molecule has 2 nitrogen and oxygen atoms in total. The molecule has 0 unspecified atom stereocenters. The van der Waals surface area contributed by atoms with Crippen molar-refractivity contribution in [1.82, 2.24) is 9.97 Å². The number of fused-ring (bicyclic) bond motifs is 4. The zero-order valence-corrected chi connectivity index (χ0v) is 29.5. The quantitative estimate of drug-likeness (QED) is 0.163. The molecule has 0 fully saturated rings. The molecule has 8 aromatic carbocycles. The predicted molar refractivity (Wildman–Crippen MR) is 227 cm³/mol. The Balaban J connectivity index is 1.15. The van der Waals surface area contributed by atoms with Gasteiger partial charge < -0.3 is 0 Å². The third-order valence-electron chi connectivity index (χ3n) is 10.6. The average Bonchev–Trinajstić information content (AvgIpc) is 3.26. The number of rotatable bonds is 6. The molecule has 0 saturated carbocycles. The Bertz CT molecular complexity index is 2930. The molecular weight excluding hydrogens is 653 g/mol. The van der Waals surface area contributed by atoms with E-state index in [1.54, 1.807) is 0 Å². The molecule has 0 aliphatic rings. The van der Waals surface area contributed by atoms with Crippen LogP contribution in [0, 0.1) is 0 Å². The van der Waals surface area contributed by atoms with Gasteiger partial charge in [0.15, 0.2) is 0 Å². The van der Waals surface area contributed by atoms with Gasteiger partial charge in [-0.1, -0.05) is 176 Å². The van der Waals surface area contributed by atoms with Crippen molar-refractivity contribution in [3.63, 3.8) is 0 Å². The predicted octanol–water partition coefficient (Wildman–Crippen LogP) is 13.9. The maximum atomic E-state index is 5.46. The first kappa shape index (κ1) is 31.6. The van der Waals surface area contributed by atoms with Crippen LogP contribution in [0.3, 0.4) is 0 Å². The molecule has 2 aromatic heterocycles. The van der Waals surface area contributed by atoms with Gasteiger partial charge in [-0.3, -0.25) is 4.98 Å². The van der Waals surface area contributed by atoms with E-state index in [0.717, 1.165) is 55.1 Å². The van der Waals surface area contributed by atoms with E-state index >= 15 is 0 Å². The van der Waals surface area contributed by atoms with Crippen LogP contribution in [-0.4, -0.2) is 9.97 Å². The molecule has 0 aliphatic heterocycles. The van der Waals surface area contributed by atoms with Crippen LogP contribution in [0.5, 0.6) is 0 Å². The number of nitrogens with zero attached hydrogens (tertiary/aromatic N) is 2. The van der Waals surface area contributed by atoms with Gasteiger partial charge in [0.05, 0.1) is 16.7 Å². The molecule has 0 atom stereocenters. The van der Waals surface area contributed by atoms with Gasteiger partial charge >= 0.3 is 0 Å². The summed E-state index contributed by atoms with van der Waals surface area (Å²) in [5.74, 6) is 0. The topological polar surface area (TPSA) is 25.8 Å². The Morgan fingerprint density at radius 3 is 1.33 bits per heavy atom. The Morgan fingerprint density at radius 2 is 0.722 bits per heavy atom. The van der Waals surface area contributed by atoms with Crippen LogP contribution in [0.4, 0.5) is 0 Å². The maximum Gasteiger partial charge on any atom is 0.0794 e. The summed E-state index contributed by atoms with van der Waals surface area (Å²) in [7, 11) is 0. The number of pyridine rings is 2. The Labute approximate surface area is 314 Å². The van der Waals surface area contributed by atoms with Crippen LogP contribution >= 0.6 is 0 Å². The molecule has 0 bridgehead atoms. The largest absolute Gasteiger partial charge is 0.256 e. The molecule has 0 N–H and O–H groups in total. The van der Waals surface area contributed by atoms with Crippen molar-refractivity contribution in [2.45, 2.75) is 0 Å². The molecule has 2 heteroatoms. The second-order valence-corrected chi connectivity index (χ2v) is 13.8. The second-order valence-electron chi connectivity index (χ2n) is 13.8. The maximum absolute atomic E-state index is 5.46. The summed E-state index contributed by atoms with van der Waals surface area (Å²) in [6.07, 6.45) is 1.89. The molecule has 0 saturated heterocycles. The molecule has 10 aromatic rings. The van der Waals surface area contributed by atoms with Crippen molar-refractivity contribution < 1.29 is 0 Å². The van der Waals surface area contributed by atoms with Gasteiger partial charge in [-0.25, -0.2) is 4.98 Å². The summed E-state index contributed by atoms with van der Waals surface area (Å²) in [6, 6.07) is 71.6. The van der Waals surface area contributed by atoms with Crippen molar-refractivity contribution in [2.75, 3.05) is 0 Å². The van der Waals surface area contributed by atoms with Gasteiger partial charge in [-0.05, 0) is 85.3 Å². The average molecular weight is 687 g/mol. The van der Waals surface area contributed by atoms with Crippen LogP contribution in [0.15, 0.2) is 206 Å². The van der Waals surface area contributed by atoms with Crippen LogP contribution in [0.25, 0.3) is 99.5 Å². The fourth-order valence-electron chi connectivity index (χ4n) is 7.79. The highest BCUT2D eigenvalue weighted by atomic mass is 14.7. The van der Waals surface area contributed by atoms with E-state index in [2.05, 4.69) is 199 Å². The summed E-state index contributed by atoms with van der Waals surface area (Å²) < 4.78 is 0. The first-order valence-corrected chi connectivity index (χ1v) is 18.4. The van der Waals surface area contributed by atoms with Crippen molar-refractivity contribution in [1.29, 1.82) is 0 Å². The van der Waals surface area contributed by atoms with Crippen LogP contribution in [0.1, 0.15) is 0 Å². The first-order chi connectivity index (χ1) is 26.8. The van der Waals surface area contributed by atoms with Crippen molar-refractivity contribution in [3.8, 4) is 66.9 Å². The molecule has 10 rings (SSSR count). The molecule has 0 amide bonds. The minimum Gasteiger partial charge on any atom is -0.256 e. The number of hydrogen-bond acceptors (Lipinski definition) is 2. The summed E-state index contributed by atoms with van der Waals surface area (Å²) in [4.78, 5) is 10.0. The summed E-state index contributed by atoms with van der Waals surface area (Å²) in [5.41, 5.74) is 15.9. The summed E-state index contributed by atoms with van der Waals surface area (Å²) >= 11 is 0. The van der Waals surface area contributed by atoms with Crippen molar-refractivity contribution >= 4 is 32.6 Å². The smallest absolute Gasteiger partial charge is 0.0794 e. The van der Waals surface area contributed by atoms with E-state index in [1.165, 1.54) is 44.3 Å². The fourth-order valence-corrected chi connectivity index (χ4v) is 7.79. The molecule has 0 radical (unpaired) electrons. The summed E-state index contributed by atoms with van der Waals surface area (Å²) in [5, 5.41) is 4.61. The highest BCUT2D eigenvalue weighted by molar-refractivity contribution is 6.16. The lowest BCUT2D eigenvalue weighted by Crippen LogP contribution is -1.94. The van der Waals surface area contributed by atoms with Gasteiger partial charge in [0.2, 0.25) is 0 Å². The standard InChI is InChI=1S/C52H34N2/c1-3-11-35(12-4-1)37-19-23-40(24-20-37)47-33-49-48(41-25-21-38(22-26-41)36-13-5-2-6-14-36)34-51(54-52(49)46-17-8-7-15-44(46)47)42-29-27-39(28-30-42)43-31-32-53-50-18-10-9-16-45(43)50/h1-34H. The van der Waals surface area contributed by atoms with Crippen LogP contribution in [0.2, 0.25) is 0 Å². The van der Waals surface area contributed by atoms with Gasteiger partial charge in [0.25, 0.3) is 0 Å². The molecule has 54 heavy (non-hydrogen) atoms. The van der Waals surface area contributed by atoms with Crippen molar-refractivity contribution in [2.24, 2.45) is 0 Å². The van der Waals surface area contributed by atoms with Gasteiger partial charge in [-0.2, -0.15) is 0 Å². The van der Waals surface area contributed by atoms with Gasteiger partial charge in [0.1, 0.15) is 0 Å². The minimum absolute atomic E-state index is 0.945. The Hall–Kier alpha value is -7.16. The van der Waals surface area contributed by atoms with E-state index in [0.29, 0.717) is 0 Å². The third kappa shape index (κ3) is 5.71. The van der Waals surface area contributed by atoms with E-state index in [-0.39, 0.29) is 0 Å². The second kappa shape index (κ2) is 13.4. The van der Waals surface area contributed by atoms with Gasteiger partial charge in [0, 0.05) is 27.9 Å².